The maximum Gasteiger partial charge on any atom is 0.239 e. The molecule has 0 aliphatic heterocycles. The molecule has 4 nitrogen and oxygen atoms in total. The van der Waals surface area contributed by atoms with E-state index in [-0.39, 0.29) is 5.91 Å². The maximum atomic E-state index is 11.9. The minimum Gasteiger partial charge on any atom is -0.368 e. The predicted octanol–water partition coefficient (Wildman–Crippen LogP) is 1.10. The van der Waals surface area contributed by atoms with E-state index in [9.17, 15) is 4.79 Å². The first-order chi connectivity index (χ1) is 8.64. The van der Waals surface area contributed by atoms with E-state index >= 15 is 0 Å². The van der Waals surface area contributed by atoms with Gasteiger partial charge in [-0.05, 0) is 45.2 Å². The van der Waals surface area contributed by atoms with Crippen molar-refractivity contribution in [3.8, 4) is 0 Å². The summed E-state index contributed by atoms with van der Waals surface area (Å²) in [7, 11) is 1.88. The van der Waals surface area contributed by atoms with E-state index in [1.807, 2.05) is 7.05 Å². The highest BCUT2D eigenvalue weighted by Crippen LogP contribution is 2.40. The summed E-state index contributed by atoms with van der Waals surface area (Å²) >= 11 is 0. The van der Waals surface area contributed by atoms with Crippen LogP contribution in [0.2, 0.25) is 0 Å². The van der Waals surface area contributed by atoms with Gasteiger partial charge in [0, 0.05) is 12.6 Å². The Balaban J connectivity index is 2.08. The lowest BCUT2D eigenvalue weighted by atomic mass is 9.91. The molecule has 0 heterocycles. The monoisotopic (exact) mass is 253 g/mol. The number of nitrogens with one attached hydrogen (secondary N) is 1. The molecule has 1 amide bonds. The van der Waals surface area contributed by atoms with Gasteiger partial charge >= 0.3 is 0 Å². The summed E-state index contributed by atoms with van der Waals surface area (Å²) in [4.78, 5) is 14.4. The van der Waals surface area contributed by atoms with E-state index < -0.39 is 5.54 Å². The molecule has 0 aromatic heterocycles. The third kappa shape index (κ3) is 2.54. The second-order valence-corrected chi connectivity index (χ2v) is 5.86. The van der Waals surface area contributed by atoms with Crippen molar-refractivity contribution in [1.29, 1.82) is 0 Å². The molecule has 3 N–H and O–H groups in total. The van der Waals surface area contributed by atoms with Crippen molar-refractivity contribution < 1.29 is 4.79 Å². The van der Waals surface area contributed by atoms with Gasteiger partial charge in [-0.15, -0.1) is 0 Å². The summed E-state index contributed by atoms with van der Waals surface area (Å²) in [5, 5.41) is 3.25. The Morgan fingerprint density at radius 2 is 1.94 bits per heavy atom. The molecular weight excluding hydrogens is 226 g/mol. The third-order valence-electron chi connectivity index (χ3n) is 4.86. The number of hydrogen-bond acceptors (Lipinski definition) is 3. The Kier molecular flexibility index (Phi) is 4.28. The minimum atomic E-state index is -0.501. The zero-order chi connectivity index (χ0) is 13.2. The Morgan fingerprint density at radius 1 is 1.33 bits per heavy atom. The Labute approximate surface area is 110 Å². The molecule has 2 fully saturated rings. The summed E-state index contributed by atoms with van der Waals surface area (Å²) < 4.78 is 0. The van der Waals surface area contributed by atoms with Crippen molar-refractivity contribution in [2.45, 2.75) is 57.0 Å². The second kappa shape index (κ2) is 5.57. The van der Waals surface area contributed by atoms with Crippen LogP contribution in [0.5, 0.6) is 0 Å². The Bertz CT molecular complexity index is 297. The summed E-state index contributed by atoms with van der Waals surface area (Å²) in [6, 6.07) is 0.654. The van der Waals surface area contributed by atoms with Gasteiger partial charge in [0.1, 0.15) is 5.54 Å². The van der Waals surface area contributed by atoms with E-state index in [1.54, 1.807) is 0 Å². The lowest BCUT2D eigenvalue weighted by Crippen LogP contribution is -2.63. The molecule has 1 unspecified atom stereocenters. The molecule has 2 aliphatic carbocycles. The highest BCUT2D eigenvalue weighted by molar-refractivity contribution is 5.86. The Morgan fingerprint density at radius 3 is 2.33 bits per heavy atom. The van der Waals surface area contributed by atoms with E-state index in [0.29, 0.717) is 12.0 Å². The molecule has 4 heteroatoms. The fraction of sp³-hybridized carbons (Fsp3) is 0.929. The number of amides is 1. The number of carbonyl (C=O) groups excluding carboxylic acids is 1. The molecule has 2 rings (SSSR count). The fourth-order valence-corrected chi connectivity index (χ4v) is 3.48. The van der Waals surface area contributed by atoms with Gasteiger partial charge in [0.15, 0.2) is 0 Å². The standard InChI is InChI=1S/C14H27N3O/c1-3-17(12-6-4-5-7-12)10-14(16-2,13(15)18)11-8-9-11/h11-12,16H,3-10H2,1-2H3,(H2,15,18). The van der Waals surface area contributed by atoms with Gasteiger partial charge in [-0.2, -0.15) is 0 Å². The van der Waals surface area contributed by atoms with Crippen molar-refractivity contribution >= 4 is 5.91 Å². The second-order valence-electron chi connectivity index (χ2n) is 5.86. The van der Waals surface area contributed by atoms with Crippen molar-refractivity contribution in [2.75, 3.05) is 20.1 Å². The summed E-state index contributed by atoms with van der Waals surface area (Å²) in [5.41, 5.74) is 5.20. The molecule has 0 aromatic carbocycles. The Hall–Kier alpha value is -0.610. The third-order valence-corrected chi connectivity index (χ3v) is 4.86. The average molecular weight is 253 g/mol. The van der Waals surface area contributed by atoms with Crippen LogP contribution in [0.1, 0.15) is 45.4 Å². The van der Waals surface area contributed by atoms with Crippen LogP contribution < -0.4 is 11.1 Å². The van der Waals surface area contributed by atoms with E-state index in [0.717, 1.165) is 25.9 Å². The van der Waals surface area contributed by atoms with Crippen molar-refractivity contribution in [3.63, 3.8) is 0 Å². The van der Waals surface area contributed by atoms with Gasteiger partial charge in [-0.3, -0.25) is 9.69 Å². The lowest BCUT2D eigenvalue weighted by molar-refractivity contribution is -0.126. The first-order valence-electron chi connectivity index (χ1n) is 7.37. The van der Waals surface area contributed by atoms with E-state index in [2.05, 4.69) is 17.1 Å². The van der Waals surface area contributed by atoms with Crippen molar-refractivity contribution in [1.82, 2.24) is 10.2 Å². The van der Waals surface area contributed by atoms with Crippen LogP contribution in [-0.4, -0.2) is 42.5 Å². The minimum absolute atomic E-state index is 0.177. The zero-order valence-electron chi connectivity index (χ0n) is 11.7. The normalized spacial score (nSPS) is 24.4. The smallest absolute Gasteiger partial charge is 0.239 e. The van der Waals surface area contributed by atoms with Crippen LogP contribution in [0.3, 0.4) is 0 Å². The molecule has 2 aliphatic rings. The molecule has 0 bridgehead atoms. The molecule has 0 aromatic rings. The number of primary amides is 1. The predicted molar refractivity (Wildman–Crippen MR) is 73.2 cm³/mol. The van der Waals surface area contributed by atoms with Gasteiger partial charge in [0.2, 0.25) is 5.91 Å². The topological polar surface area (TPSA) is 58.4 Å². The summed E-state index contributed by atoms with van der Waals surface area (Å²) in [6.07, 6.45) is 7.47. The molecule has 0 radical (unpaired) electrons. The largest absolute Gasteiger partial charge is 0.368 e. The van der Waals surface area contributed by atoms with Crippen LogP contribution >= 0.6 is 0 Å². The number of rotatable bonds is 7. The van der Waals surface area contributed by atoms with Crippen LogP contribution in [-0.2, 0) is 4.79 Å². The highest BCUT2D eigenvalue weighted by Gasteiger charge is 2.50. The van der Waals surface area contributed by atoms with E-state index in [1.165, 1.54) is 25.7 Å². The molecule has 18 heavy (non-hydrogen) atoms. The zero-order valence-corrected chi connectivity index (χ0v) is 11.7. The summed E-state index contributed by atoms with van der Waals surface area (Å²) in [6.45, 7) is 3.98. The van der Waals surface area contributed by atoms with Crippen molar-refractivity contribution in [3.05, 3.63) is 0 Å². The number of hydrogen-bond donors (Lipinski definition) is 2. The first-order valence-corrected chi connectivity index (χ1v) is 7.37. The number of carbonyl (C=O) groups is 1. The van der Waals surface area contributed by atoms with Gasteiger partial charge in [0.05, 0.1) is 0 Å². The number of likely N-dealkylation sites (N-methyl/N-ethyl adjacent to an activating group) is 2. The fourth-order valence-electron chi connectivity index (χ4n) is 3.48. The molecule has 2 saturated carbocycles. The van der Waals surface area contributed by atoms with Gasteiger partial charge in [0.25, 0.3) is 0 Å². The van der Waals surface area contributed by atoms with Crippen LogP contribution in [0.25, 0.3) is 0 Å². The molecule has 0 spiro atoms. The van der Waals surface area contributed by atoms with Gasteiger partial charge < -0.3 is 11.1 Å². The molecule has 0 saturated heterocycles. The van der Waals surface area contributed by atoms with Crippen molar-refractivity contribution in [2.24, 2.45) is 11.7 Å². The maximum absolute atomic E-state index is 11.9. The number of nitrogens with two attached hydrogens (primary N) is 1. The van der Waals surface area contributed by atoms with Crippen LogP contribution in [0.4, 0.5) is 0 Å². The highest BCUT2D eigenvalue weighted by atomic mass is 16.1. The molecule has 1 atom stereocenters. The molecular formula is C14H27N3O. The van der Waals surface area contributed by atoms with Gasteiger partial charge in [-0.1, -0.05) is 19.8 Å². The van der Waals surface area contributed by atoms with E-state index in [4.69, 9.17) is 5.73 Å². The quantitative estimate of drug-likeness (QED) is 0.714. The average Bonchev–Trinajstić information content (AvgIpc) is 3.07. The molecule has 104 valence electrons. The first kappa shape index (κ1) is 13.8. The van der Waals surface area contributed by atoms with Crippen LogP contribution in [0.15, 0.2) is 0 Å². The summed E-state index contributed by atoms with van der Waals surface area (Å²) in [5.74, 6) is 0.263. The van der Waals surface area contributed by atoms with Gasteiger partial charge in [-0.25, -0.2) is 0 Å². The SMILES string of the molecule is CCN(CC(NC)(C(N)=O)C1CC1)C1CCCC1. The lowest BCUT2D eigenvalue weighted by Gasteiger charge is -2.38. The van der Waals surface area contributed by atoms with Crippen LogP contribution in [0, 0.1) is 5.92 Å². The number of nitrogens with zero attached hydrogens (tertiary/aromatic N) is 1.